The third-order valence-corrected chi connectivity index (χ3v) is 3.04. The highest BCUT2D eigenvalue weighted by atomic mass is 15.1. The van der Waals surface area contributed by atoms with Crippen molar-refractivity contribution in [2.24, 2.45) is 5.73 Å². The van der Waals surface area contributed by atoms with E-state index in [1.807, 2.05) is 6.20 Å². The first kappa shape index (κ1) is 12.6. The molecule has 0 saturated carbocycles. The summed E-state index contributed by atoms with van der Waals surface area (Å²) in [4.78, 5) is 0. The van der Waals surface area contributed by atoms with Crippen molar-refractivity contribution < 1.29 is 0 Å². The fourth-order valence-corrected chi connectivity index (χ4v) is 1.92. The minimum absolute atomic E-state index is 0.706. The first-order valence-electron chi connectivity index (χ1n) is 6.32. The maximum absolute atomic E-state index is 5.49. The Morgan fingerprint density at radius 3 is 2.94 bits per heavy atom. The second-order valence-electron chi connectivity index (χ2n) is 4.43. The average Bonchev–Trinajstić information content (AvgIpc) is 2.80. The van der Waals surface area contributed by atoms with Gasteiger partial charge in [0, 0.05) is 13.0 Å². The number of hydrogen-bond donors (Lipinski definition) is 3. The molecule has 0 aliphatic carbocycles. The number of nitrogens with zero attached hydrogens (tertiary/aromatic N) is 1. The first-order chi connectivity index (χ1) is 8.81. The molecule has 0 radical (unpaired) electrons. The van der Waals surface area contributed by atoms with Crippen LogP contribution in [-0.4, -0.2) is 23.3 Å². The zero-order valence-corrected chi connectivity index (χ0v) is 10.7. The highest BCUT2D eigenvalue weighted by Gasteiger charge is 2.06. The predicted octanol–water partition coefficient (Wildman–Crippen LogP) is 2.07. The zero-order chi connectivity index (χ0) is 12.8. The van der Waals surface area contributed by atoms with Gasteiger partial charge in [0.25, 0.3) is 0 Å². The summed E-state index contributed by atoms with van der Waals surface area (Å²) in [6, 6.07) is 8.42. The van der Waals surface area contributed by atoms with E-state index in [4.69, 9.17) is 5.73 Å². The fraction of sp³-hybridized carbons (Fsp3) is 0.357. The molecule has 2 aromatic rings. The quantitative estimate of drug-likeness (QED) is 0.681. The Morgan fingerprint density at radius 1 is 1.33 bits per heavy atom. The lowest BCUT2D eigenvalue weighted by Crippen LogP contribution is -2.09. The average molecular weight is 244 g/mol. The van der Waals surface area contributed by atoms with Crippen LogP contribution in [0.4, 0.5) is 5.69 Å². The number of benzene rings is 1. The molecule has 0 bridgehead atoms. The summed E-state index contributed by atoms with van der Waals surface area (Å²) in [7, 11) is 0. The maximum Gasteiger partial charge on any atom is 0.0759 e. The van der Waals surface area contributed by atoms with Gasteiger partial charge in [0.2, 0.25) is 0 Å². The highest BCUT2D eigenvalue weighted by molar-refractivity contribution is 5.48. The van der Waals surface area contributed by atoms with E-state index in [0.29, 0.717) is 6.54 Å². The molecule has 4 N–H and O–H groups in total. The lowest BCUT2D eigenvalue weighted by atomic mass is 10.0. The molecule has 0 aliphatic rings. The van der Waals surface area contributed by atoms with E-state index in [2.05, 4.69) is 46.7 Å². The molecule has 0 aliphatic heterocycles. The summed E-state index contributed by atoms with van der Waals surface area (Å²) in [5.41, 5.74) is 10.3. The van der Waals surface area contributed by atoms with Crippen LogP contribution in [0.15, 0.2) is 30.5 Å². The van der Waals surface area contributed by atoms with E-state index >= 15 is 0 Å². The molecule has 0 saturated heterocycles. The molecule has 0 amide bonds. The number of aryl methyl sites for hydroxylation is 1. The number of rotatable bonds is 6. The van der Waals surface area contributed by atoms with Gasteiger partial charge in [0.15, 0.2) is 0 Å². The normalized spacial score (nSPS) is 10.6. The SMILES string of the molecule is Cc1ccccc1Cc1[nH]ncc1NCCCN. The lowest BCUT2D eigenvalue weighted by Gasteiger charge is -2.08. The van der Waals surface area contributed by atoms with Crippen LogP contribution in [0.1, 0.15) is 23.2 Å². The van der Waals surface area contributed by atoms with Crippen LogP contribution in [0.5, 0.6) is 0 Å². The van der Waals surface area contributed by atoms with E-state index < -0.39 is 0 Å². The summed E-state index contributed by atoms with van der Waals surface area (Å²) in [6.45, 7) is 3.72. The van der Waals surface area contributed by atoms with Gasteiger partial charge in [-0.2, -0.15) is 5.10 Å². The van der Waals surface area contributed by atoms with Crippen molar-refractivity contribution >= 4 is 5.69 Å². The number of H-pyrrole nitrogens is 1. The van der Waals surface area contributed by atoms with Crippen molar-refractivity contribution in [3.8, 4) is 0 Å². The maximum atomic E-state index is 5.49. The van der Waals surface area contributed by atoms with Crippen LogP contribution in [0, 0.1) is 6.92 Å². The Bertz CT molecular complexity index is 490. The summed E-state index contributed by atoms with van der Waals surface area (Å²) >= 11 is 0. The van der Waals surface area contributed by atoms with Crippen LogP contribution in [-0.2, 0) is 6.42 Å². The van der Waals surface area contributed by atoms with Gasteiger partial charge in [-0.05, 0) is 31.0 Å². The van der Waals surface area contributed by atoms with Gasteiger partial charge < -0.3 is 11.1 Å². The van der Waals surface area contributed by atoms with E-state index in [0.717, 1.165) is 30.8 Å². The monoisotopic (exact) mass is 244 g/mol. The summed E-state index contributed by atoms with van der Waals surface area (Å²) in [5, 5.41) is 10.5. The second kappa shape index (κ2) is 6.21. The standard InChI is InChI=1S/C14H20N4/c1-11-5-2-3-6-12(11)9-13-14(10-17-18-13)16-8-4-7-15/h2-3,5-6,10,16H,4,7-9,15H2,1H3,(H,17,18). The van der Waals surface area contributed by atoms with Gasteiger partial charge in [-0.3, -0.25) is 5.10 Å². The third-order valence-electron chi connectivity index (χ3n) is 3.04. The van der Waals surface area contributed by atoms with Gasteiger partial charge in [-0.25, -0.2) is 0 Å². The van der Waals surface area contributed by atoms with Crippen molar-refractivity contribution in [3.63, 3.8) is 0 Å². The molecule has 0 atom stereocenters. The highest BCUT2D eigenvalue weighted by Crippen LogP contribution is 2.18. The van der Waals surface area contributed by atoms with Crippen LogP contribution in [0.2, 0.25) is 0 Å². The largest absolute Gasteiger partial charge is 0.382 e. The van der Waals surface area contributed by atoms with Gasteiger partial charge in [-0.1, -0.05) is 24.3 Å². The van der Waals surface area contributed by atoms with Crippen LogP contribution >= 0.6 is 0 Å². The molecule has 0 spiro atoms. The van der Waals surface area contributed by atoms with Gasteiger partial charge in [-0.15, -0.1) is 0 Å². The zero-order valence-electron chi connectivity index (χ0n) is 10.7. The topological polar surface area (TPSA) is 66.7 Å². The van der Waals surface area contributed by atoms with Gasteiger partial charge >= 0.3 is 0 Å². The molecule has 1 aromatic carbocycles. The Labute approximate surface area is 108 Å². The summed E-state index contributed by atoms with van der Waals surface area (Å²) in [6.07, 6.45) is 3.68. The molecule has 4 nitrogen and oxygen atoms in total. The molecular formula is C14H20N4. The van der Waals surface area contributed by atoms with Crippen molar-refractivity contribution in [2.45, 2.75) is 19.8 Å². The van der Waals surface area contributed by atoms with Crippen molar-refractivity contribution in [2.75, 3.05) is 18.4 Å². The van der Waals surface area contributed by atoms with E-state index in [9.17, 15) is 0 Å². The van der Waals surface area contributed by atoms with Crippen LogP contribution in [0.3, 0.4) is 0 Å². The minimum atomic E-state index is 0.706. The van der Waals surface area contributed by atoms with Crippen LogP contribution < -0.4 is 11.1 Å². The number of nitrogens with two attached hydrogens (primary N) is 1. The predicted molar refractivity (Wildman–Crippen MR) is 74.7 cm³/mol. The number of anilines is 1. The van der Waals surface area contributed by atoms with Crippen molar-refractivity contribution in [3.05, 3.63) is 47.3 Å². The number of hydrogen-bond acceptors (Lipinski definition) is 3. The Balaban J connectivity index is 2.05. The van der Waals surface area contributed by atoms with E-state index in [-0.39, 0.29) is 0 Å². The van der Waals surface area contributed by atoms with Gasteiger partial charge in [0.05, 0.1) is 17.6 Å². The molecular weight excluding hydrogens is 224 g/mol. The third kappa shape index (κ3) is 3.11. The molecule has 96 valence electrons. The molecule has 4 heteroatoms. The fourth-order valence-electron chi connectivity index (χ4n) is 1.92. The molecule has 18 heavy (non-hydrogen) atoms. The lowest BCUT2D eigenvalue weighted by molar-refractivity contribution is 0.872. The number of aromatic amines is 1. The van der Waals surface area contributed by atoms with Gasteiger partial charge in [0.1, 0.15) is 0 Å². The summed E-state index contributed by atoms with van der Waals surface area (Å²) < 4.78 is 0. The molecule has 1 heterocycles. The van der Waals surface area contributed by atoms with E-state index in [1.54, 1.807) is 0 Å². The minimum Gasteiger partial charge on any atom is -0.382 e. The smallest absolute Gasteiger partial charge is 0.0759 e. The number of aromatic nitrogens is 2. The Hall–Kier alpha value is -1.81. The van der Waals surface area contributed by atoms with Crippen LogP contribution in [0.25, 0.3) is 0 Å². The van der Waals surface area contributed by atoms with Crippen molar-refractivity contribution in [1.82, 2.24) is 10.2 Å². The van der Waals surface area contributed by atoms with E-state index in [1.165, 1.54) is 11.1 Å². The molecule has 0 fully saturated rings. The second-order valence-corrected chi connectivity index (χ2v) is 4.43. The molecule has 1 aromatic heterocycles. The van der Waals surface area contributed by atoms with Crippen molar-refractivity contribution in [1.29, 1.82) is 0 Å². The molecule has 0 unspecified atom stereocenters. The molecule has 2 rings (SSSR count). The number of nitrogens with one attached hydrogen (secondary N) is 2. The summed E-state index contributed by atoms with van der Waals surface area (Å²) in [5.74, 6) is 0. The Morgan fingerprint density at radius 2 is 2.17 bits per heavy atom. The Kier molecular flexibility index (Phi) is 4.36. The first-order valence-corrected chi connectivity index (χ1v) is 6.32.